The average molecular weight is 305 g/mol. The van der Waals surface area contributed by atoms with Crippen LogP contribution in [0.3, 0.4) is 0 Å². The number of allylic oxidation sites excluding steroid dienone is 2. The molecule has 0 heterocycles. The number of benzene rings is 2. The summed E-state index contributed by atoms with van der Waals surface area (Å²) >= 11 is 0. The van der Waals surface area contributed by atoms with E-state index in [9.17, 15) is 0 Å². The molecule has 0 saturated heterocycles. The molecule has 118 valence electrons. The highest BCUT2D eigenvalue weighted by atomic mass is 15.7. The zero-order valence-corrected chi connectivity index (χ0v) is 13.7. The standard InChI is InChI=1S/C20H23N3/c1-17-13-15-20(2,16-14-17)23(21-18-9-5-3-6-10-18)22-19-11-7-4-8-12-19/h3-15,21-22H,16H2,1-2H3. The molecule has 3 heteroatoms. The number of rotatable bonds is 5. The lowest BCUT2D eigenvalue weighted by Crippen LogP contribution is -2.52. The molecule has 2 aromatic carbocycles. The Hall–Kier alpha value is -2.52. The van der Waals surface area contributed by atoms with Crippen LogP contribution in [0.25, 0.3) is 0 Å². The molecule has 0 amide bonds. The third-order valence-electron chi connectivity index (χ3n) is 4.08. The Balaban J connectivity index is 1.85. The molecule has 23 heavy (non-hydrogen) atoms. The fourth-order valence-electron chi connectivity index (χ4n) is 2.55. The minimum Gasteiger partial charge on any atom is -0.301 e. The summed E-state index contributed by atoms with van der Waals surface area (Å²) in [5, 5.41) is 2.08. The largest absolute Gasteiger partial charge is 0.301 e. The van der Waals surface area contributed by atoms with E-state index >= 15 is 0 Å². The van der Waals surface area contributed by atoms with Gasteiger partial charge in [-0.3, -0.25) is 0 Å². The lowest BCUT2D eigenvalue weighted by molar-refractivity contribution is 0.223. The van der Waals surface area contributed by atoms with Crippen molar-refractivity contribution in [3.63, 3.8) is 0 Å². The number of hydrogen-bond donors (Lipinski definition) is 2. The summed E-state index contributed by atoms with van der Waals surface area (Å²) in [5.41, 5.74) is 10.2. The molecule has 0 aromatic heterocycles. The Bertz CT molecular complexity index is 650. The van der Waals surface area contributed by atoms with E-state index in [2.05, 4.69) is 72.3 Å². The minimum atomic E-state index is -0.162. The van der Waals surface area contributed by atoms with Gasteiger partial charge in [0, 0.05) is 0 Å². The summed E-state index contributed by atoms with van der Waals surface area (Å²) in [6.07, 6.45) is 7.63. The van der Waals surface area contributed by atoms with Gasteiger partial charge in [0.05, 0.1) is 16.9 Å². The number of nitrogens with one attached hydrogen (secondary N) is 2. The summed E-state index contributed by atoms with van der Waals surface area (Å²) < 4.78 is 0. The zero-order valence-electron chi connectivity index (χ0n) is 13.7. The van der Waals surface area contributed by atoms with Gasteiger partial charge in [-0.15, -0.1) is 5.12 Å². The second-order valence-corrected chi connectivity index (χ2v) is 6.13. The fraction of sp³-hybridized carbons (Fsp3) is 0.200. The topological polar surface area (TPSA) is 27.3 Å². The molecule has 1 aliphatic carbocycles. The Kier molecular flexibility index (Phi) is 4.49. The van der Waals surface area contributed by atoms with Crippen molar-refractivity contribution < 1.29 is 0 Å². The third-order valence-corrected chi connectivity index (χ3v) is 4.08. The number of nitrogens with zero attached hydrogens (tertiary/aromatic N) is 1. The number of hydrazine groups is 2. The van der Waals surface area contributed by atoms with Crippen LogP contribution in [0.1, 0.15) is 20.3 Å². The van der Waals surface area contributed by atoms with Crippen LogP contribution in [0.5, 0.6) is 0 Å². The van der Waals surface area contributed by atoms with Crippen molar-refractivity contribution >= 4 is 11.4 Å². The van der Waals surface area contributed by atoms with E-state index in [1.165, 1.54) is 5.57 Å². The quantitative estimate of drug-likeness (QED) is 0.761. The Morgan fingerprint density at radius 1 is 0.870 bits per heavy atom. The van der Waals surface area contributed by atoms with Gasteiger partial charge < -0.3 is 10.9 Å². The SMILES string of the molecule is CC1=CCC(C)(N(Nc2ccccc2)Nc2ccccc2)C=C1. The molecule has 1 atom stereocenters. The summed E-state index contributed by atoms with van der Waals surface area (Å²) in [5.74, 6) is 0. The maximum Gasteiger partial charge on any atom is 0.0798 e. The first kappa shape index (κ1) is 15.4. The van der Waals surface area contributed by atoms with Crippen molar-refractivity contribution in [2.75, 3.05) is 10.9 Å². The van der Waals surface area contributed by atoms with Crippen LogP contribution in [0.15, 0.2) is 84.5 Å². The number of para-hydroxylation sites is 2. The predicted molar refractivity (Wildman–Crippen MR) is 97.9 cm³/mol. The Morgan fingerprint density at radius 3 is 1.83 bits per heavy atom. The van der Waals surface area contributed by atoms with E-state index in [-0.39, 0.29) is 5.54 Å². The Labute approximate surface area is 138 Å². The molecule has 3 rings (SSSR count). The molecule has 2 aromatic rings. The first-order valence-corrected chi connectivity index (χ1v) is 7.95. The molecule has 0 aliphatic heterocycles. The van der Waals surface area contributed by atoms with E-state index in [4.69, 9.17) is 0 Å². The second-order valence-electron chi connectivity index (χ2n) is 6.13. The smallest absolute Gasteiger partial charge is 0.0798 e. The monoisotopic (exact) mass is 305 g/mol. The zero-order chi connectivity index (χ0) is 16.1. The summed E-state index contributed by atoms with van der Waals surface area (Å²) in [6.45, 7) is 4.36. The normalized spacial score (nSPS) is 20.2. The summed E-state index contributed by atoms with van der Waals surface area (Å²) in [7, 11) is 0. The van der Waals surface area contributed by atoms with Crippen LogP contribution in [0, 0.1) is 0 Å². The number of anilines is 2. The van der Waals surface area contributed by atoms with Crippen LogP contribution >= 0.6 is 0 Å². The van der Waals surface area contributed by atoms with Gasteiger partial charge in [0.25, 0.3) is 0 Å². The van der Waals surface area contributed by atoms with E-state index in [1.807, 2.05) is 36.4 Å². The molecule has 0 saturated carbocycles. The average Bonchev–Trinajstić information content (AvgIpc) is 2.59. The highest BCUT2D eigenvalue weighted by molar-refractivity contribution is 5.47. The maximum atomic E-state index is 3.49. The molecule has 2 N–H and O–H groups in total. The summed E-state index contributed by atoms with van der Waals surface area (Å²) in [6, 6.07) is 20.4. The van der Waals surface area contributed by atoms with Crippen molar-refractivity contribution in [3.8, 4) is 0 Å². The van der Waals surface area contributed by atoms with Crippen molar-refractivity contribution in [1.29, 1.82) is 0 Å². The van der Waals surface area contributed by atoms with Gasteiger partial charge in [-0.2, -0.15) is 0 Å². The number of hydrogen-bond acceptors (Lipinski definition) is 3. The minimum absolute atomic E-state index is 0.162. The molecule has 1 unspecified atom stereocenters. The van der Waals surface area contributed by atoms with Crippen LogP contribution in [0.2, 0.25) is 0 Å². The van der Waals surface area contributed by atoms with E-state index < -0.39 is 0 Å². The second kappa shape index (κ2) is 6.71. The molecule has 1 aliphatic rings. The van der Waals surface area contributed by atoms with Gasteiger partial charge in [-0.25, -0.2) is 0 Å². The predicted octanol–water partition coefficient (Wildman–Crippen LogP) is 5.01. The third kappa shape index (κ3) is 3.82. The van der Waals surface area contributed by atoms with Crippen molar-refractivity contribution in [1.82, 2.24) is 5.12 Å². The molecule has 0 bridgehead atoms. The molecular weight excluding hydrogens is 282 g/mol. The lowest BCUT2D eigenvalue weighted by atomic mass is 9.91. The van der Waals surface area contributed by atoms with Crippen LogP contribution < -0.4 is 10.9 Å². The fourth-order valence-corrected chi connectivity index (χ4v) is 2.55. The van der Waals surface area contributed by atoms with Crippen molar-refractivity contribution in [2.24, 2.45) is 0 Å². The molecule has 0 fully saturated rings. The highest BCUT2D eigenvalue weighted by Crippen LogP contribution is 2.28. The summed E-state index contributed by atoms with van der Waals surface area (Å²) in [4.78, 5) is 0. The molecule has 0 spiro atoms. The van der Waals surface area contributed by atoms with Gasteiger partial charge >= 0.3 is 0 Å². The van der Waals surface area contributed by atoms with Gasteiger partial charge in [0.1, 0.15) is 0 Å². The van der Waals surface area contributed by atoms with Crippen molar-refractivity contribution in [2.45, 2.75) is 25.8 Å². The molecule has 0 radical (unpaired) electrons. The first-order chi connectivity index (χ1) is 11.2. The van der Waals surface area contributed by atoms with Crippen LogP contribution in [-0.4, -0.2) is 10.7 Å². The van der Waals surface area contributed by atoms with Crippen LogP contribution in [0.4, 0.5) is 11.4 Å². The Morgan fingerprint density at radius 2 is 1.39 bits per heavy atom. The van der Waals surface area contributed by atoms with E-state index in [1.54, 1.807) is 0 Å². The van der Waals surface area contributed by atoms with E-state index in [0.29, 0.717) is 0 Å². The van der Waals surface area contributed by atoms with Gasteiger partial charge in [-0.05, 0) is 44.5 Å². The van der Waals surface area contributed by atoms with Crippen molar-refractivity contribution in [3.05, 3.63) is 84.5 Å². The van der Waals surface area contributed by atoms with Gasteiger partial charge in [0.15, 0.2) is 0 Å². The highest BCUT2D eigenvalue weighted by Gasteiger charge is 2.30. The van der Waals surface area contributed by atoms with E-state index in [0.717, 1.165) is 17.8 Å². The van der Waals surface area contributed by atoms with Crippen LogP contribution in [-0.2, 0) is 0 Å². The maximum absolute atomic E-state index is 3.49. The molecular formula is C20H23N3. The van der Waals surface area contributed by atoms with Gasteiger partial charge in [-0.1, -0.05) is 60.2 Å². The molecule has 3 nitrogen and oxygen atoms in total. The first-order valence-electron chi connectivity index (χ1n) is 7.95. The van der Waals surface area contributed by atoms with Gasteiger partial charge in [0.2, 0.25) is 0 Å². The lowest BCUT2D eigenvalue weighted by Gasteiger charge is -2.40.